The second kappa shape index (κ2) is 32.1. The van der Waals surface area contributed by atoms with Gasteiger partial charge in [-0.05, 0) is 26.8 Å². The number of rotatable bonds is 14. The Labute approximate surface area is 171 Å². The number of carbonyl (C=O) groups is 2. The van der Waals surface area contributed by atoms with E-state index in [-0.39, 0.29) is 16.5 Å². The van der Waals surface area contributed by atoms with Crippen molar-refractivity contribution in [2.75, 3.05) is 6.54 Å². The van der Waals surface area contributed by atoms with Crippen molar-refractivity contribution in [2.45, 2.75) is 111 Å². The molecule has 0 aromatic rings. The van der Waals surface area contributed by atoms with Gasteiger partial charge in [0.25, 0.3) is 0 Å². The van der Waals surface area contributed by atoms with Gasteiger partial charge in [-0.25, -0.2) is 0 Å². The molecule has 2 N–H and O–H groups in total. The largest absolute Gasteiger partial charge is 2.00 e. The smallest absolute Gasteiger partial charge is 0.550 e. The first-order chi connectivity index (χ1) is 11.9. The summed E-state index contributed by atoms with van der Waals surface area (Å²) in [6.07, 6.45) is 19.9. The Hall–Kier alpha value is -0.606. The maximum atomic E-state index is 8.89. The van der Waals surface area contributed by atoms with Crippen LogP contribution in [0.25, 0.3) is 0 Å². The van der Waals surface area contributed by atoms with E-state index in [9.17, 15) is 0 Å². The van der Waals surface area contributed by atoms with Crippen molar-refractivity contribution in [1.29, 1.82) is 0 Å². The van der Waals surface area contributed by atoms with Crippen LogP contribution >= 0.6 is 0 Å². The number of carboxylic acid groups (broad SMARTS) is 2. The summed E-state index contributed by atoms with van der Waals surface area (Å²) in [7, 11) is 0. The van der Waals surface area contributed by atoms with Crippen LogP contribution in [0.2, 0.25) is 0 Å². The maximum Gasteiger partial charge on any atom is 2.00 e. The van der Waals surface area contributed by atoms with Crippen LogP contribution in [0.3, 0.4) is 0 Å². The molecule has 0 aromatic heterocycles. The van der Waals surface area contributed by atoms with Gasteiger partial charge in [0.1, 0.15) is 0 Å². The normalized spacial score (nSPS) is 9.08. The summed E-state index contributed by atoms with van der Waals surface area (Å²) in [5.74, 6) is -2.17. The zero-order valence-electron chi connectivity index (χ0n) is 17.1. The summed E-state index contributed by atoms with van der Waals surface area (Å²) in [4.78, 5) is 17.8. The molecule has 0 fully saturated rings. The van der Waals surface area contributed by atoms with Crippen molar-refractivity contribution < 1.29 is 36.3 Å². The number of carboxylic acids is 2. The van der Waals surface area contributed by atoms with E-state index >= 15 is 0 Å². The van der Waals surface area contributed by atoms with E-state index in [1.807, 2.05) is 0 Å². The Morgan fingerprint density at radius 2 is 0.808 bits per heavy atom. The maximum absolute atomic E-state index is 8.89. The fourth-order valence-electron chi connectivity index (χ4n) is 2.34. The molecule has 0 aromatic carbocycles. The van der Waals surface area contributed by atoms with Gasteiger partial charge in [-0.2, -0.15) is 0 Å². The molecule has 0 bridgehead atoms. The Morgan fingerprint density at radius 3 is 1.00 bits per heavy atom. The average molecular weight is 418 g/mol. The molecule has 0 aliphatic carbocycles. The van der Waals surface area contributed by atoms with Crippen LogP contribution in [-0.2, 0) is 26.1 Å². The summed E-state index contributed by atoms with van der Waals surface area (Å²) in [6.45, 7) is 5.10. The molecule has 0 saturated heterocycles. The Balaban J connectivity index is -0.000000226. The summed E-state index contributed by atoms with van der Waals surface area (Å²) in [5.41, 5.74) is 5.47. The number of hydrogen-bond acceptors (Lipinski definition) is 5. The minimum absolute atomic E-state index is 0. The van der Waals surface area contributed by atoms with Crippen molar-refractivity contribution in [1.82, 2.24) is 0 Å². The Bertz CT molecular complexity index is 243. The molecule has 0 amide bonds. The molecule has 5 nitrogen and oxygen atoms in total. The number of hydrogen-bond donors (Lipinski definition) is 1. The molecule has 0 atom stereocenters. The van der Waals surface area contributed by atoms with E-state index in [4.69, 9.17) is 25.5 Å². The third-order valence-corrected chi connectivity index (χ3v) is 3.56. The average Bonchev–Trinajstić information content (AvgIpc) is 2.51. The van der Waals surface area contributed by atoms with Crippen LogP contribution in [0.4, 0.5) is 0 Å². The topological polar surface area (TPSA) is 106 Å². The van der Waals surface area contributed by atoms with Gasteiger partial charge in [-0.3, -0.25) is 0 Å². The van der Waals surface area contributed by atoms with E-state index in [0.29, 0.717) is 0 Å². The molecule has 0 unspecified atom stereocenters. The van der Waals surface area contributed by atoms with E-state index < -0.39 is 11.9 Å². The molecule has 0 aliphatic heterocycles. The van der Waals surface area contributed by atoms with Crippen LogP contribution in [-0.4, -0.2) is 18.5 Å². The van der Waals surface area contributed by atoms with E-state index in [1.54, 1.807) is 0 Å². The molecular formula is C20H41NNiO4. The third-order valence-electron chi connectivity index (χ3n) is 3.56. The second-order valence-corrected chi connectivity index (χ2v) is 6.37. The molecule has 160 valence electrons. The Morgan fingerprint density at radius 1 is 0.615 bits per heavy atom. The summed E-state index contributed by atoms with van der Waals surface area (Å²) in [5, 5.41) is 17.8. The van der Waals surface area contributed by atoms with Crippen molar-refractivity contribution in [3.05, 3.63) is 0 Å². The second-order valence-electron chi connectivity index (χ2n) is 6.37. The molecule has 0 rings (SSSR count). The van der Waals surface area contributed by atoms with Crippen molar-refractivity contribution in [3.63, 3.8) is 0 Å². The van der Waals surface area contributed by atoms with Crippen molar-refractivity contribution in [3.8, 4) is 0 Å². The van der Waals surface area contributed by atoms with Gasteiger partial charge in [0.05, 0.1) is 0 Å². The predicted octanol–water partition coefficient (Wildman–Crippen LogP) is 2.94. The van der Waals surface area contributed by atoms with E-state index in [1.165, 1.54) is 89.9 Å². The van der Waals surface area contributed by atoms with Crippen molar-refractivity contribution >= 4 is 11.9 Å². The SMILES string of the molecule is CC(=O)[O-].CC(=O)[O-].CCCCCCCCCCCCCCCCN.[Ni+2]. The molecule has 6 heteroatoms. The number of aliphatic carboxylic acids is 2. The van der Waals surface area contributed by atoms with Gasteiger partial charge in [0.15, 0.2) is 0 Å². The molecular weight excluding hydrogens is 377 g/mol. The summed E-state index contributed by atoms with van der Waals surface area (Å²) >= 11 is 0. The van der Waals surface area contributed by atoms with Crippen LogP contribution in [0.15, 0.2) is 0 Å². The van der Waals surface area contributed by atoms with Gasteiger partial charge >= 0.3 is 16.5 Å². The summed E-state index contributed by atoms with van der Waals surface area (Å²) < 4.78 is 0. The monoisotopic (exact) mass is 417 g/mol. The molecule has 26 heavy (non-hydrogen) atoms. The summed E-state index contributed by atoms with van der Waals surface area (Å²) in [6, 6.07) is 0. The number of carbonyl (C=O) groups excluding carboxylic acids is 2. The molecule has 0 saturated carbocycles. The standard InChI is InChI=1S/C16H35N.2C2H4O2.Ni/c1-2-3-4-5-6-7-8-9-10-11-12-13-14-15-16-17;2*1-2(3)4;/h2-17H2,1H3;2*1H3,(H,3,4);/q;;;+2/p-2. The van der Waals surface area contributed by atoms with E-state index in [2.05, 4.69) is 6.92 Å². The van der Waals surface area contributed by atoms with Gasteiger partial charge in [-0.15, -0.1) is 0 Å². The van der Waals surface area contributed by atoms with E-state index in [0.717, 1.165) is 20.4 Å². The number of nitrogens with two attached hydrogens (primary N) is 1. The third kappa shape index (κ3) is 65.4. The fraction of sp³-hybridized carbons (Fsp3) is 0.900. The first kappa shape index (κ1) is 33.0. The van der Waals surface area contributed by atoms with Crippen molar-refractivity contribution in [2.24, 2.45) is 5.73 Å². The molecule has 0 heterocycles. The van der Waals surface area contributed by atoms with Crippen LogP contribution < -0.4 is 15.9 Å². The Kier molecular flexibility index (Phi) is 40.8. The van der Waals surface area contributed by atoms with Gasteiger partial charge in [-0.1, -0.05) is 90.4 Å². The van der Waals surface area contributed by atoms with Gasteiger partial charge in [0, 0.05) is 11.9 Å². The minimum Gasteiger partial charge on any atom is -0.550 e. The van der Waals surface area contributed by atoms with Crippen LogP contribution in [0.1, 0.15) is 111 Å². The molecule has 0 aliphatic rings. The van der Waals surface area contributed by atoms with Gasteiger partial charge in [0.2, 0.25) is 0 Å². The van der Waals surface area contributed by atoms with Crippen LogP contribution in [0, 0.1) is 0 Å². The fourth-order valence-corrected chi connectivity index (χ4v) is 2.34. The predicted molar refractivity (Wildman–Crippen MR) is 101 cm³/mol. The zero-order chi connectivity index (χ0) is 19.8. The molecule has 0 spiro atoms. The number of unbranched alkanes of at least 4 members (excludes halogenated alkanes) is 13. The molecule has 0 radical (unpaired) electrons. The first-order valence-electron chi connectivity index (χ1n) is 9.93. The first-order valence-corrected chi connectivity index (χ1v) is 9.93. The van der Waals surface area contributed by atoms with Crippen LogP contribution in [0.5, 0.6) is 0 Å². The minimum atomic E-state index is -1.08. The van der Waals surface area contributed by atoms with Gasteiger partial charge < -0.3 is 25.5 Å². The zero-order valence-corrected chi connectivity index (χ0v) is 18.1. The quantitative estimate of drug-likeness (QED) is 0.345.